The molecule has 0 N–H and O–H groups in total. The molecule has 27 heavy (non-hydrogen) atoms. The van der Waals surface area contributed by atoms with Crippen molar-refractivity contribution in [1.29, 1.82) is 0 Å². The minimum atomic E-state index is -4.39. The summed E-state index contributed by atoms with van der Waals surface area (Å²) < 4.78 is 43.8. The molecule has 0 saturated carbocycles. The first-order valence-corrected chi connectivity index (χ1v) is 9.17. The fourth-order valence-electron chi connectivity index (χ4n) is 3.19. The van der Waals surface area contributed by atoms with Crippen molar-refractivity contribution >= 4 is 5.91 Å². The molecule has 1 saturated heterocycles. The minimum absolute atomic E-state index is 0.0783. The molecule has 0 spiro atoms. The topological polar surface area (TPSA) is 59.2 Å². The van der Waals surface area contributed by atoms with Gasteiger partial charge in [0.2, 0.25) is 17.7 Å². The highest BCUT2D eigenvalue weighted by molar-refractivity contribution is 5.76. The number of likely N-dealkylation sites (tertiary alicyclic amines) is 1. The van der Waals surface area contributed by atoms with Gasteiger partial charge in [-0.2, -0.15) is 13.2 Å². The van der Waals surface area contributed by atoms with Crippen molar-refractivity contribution in [1.82, 2.24) is 15.1 Å². The number of hydrogen-bond acceptors (Lipinski definition) is 4. The maximum atomic E-state index is 12.8. The molecular formula is C19H22F3N3O2. The van der Waals surface area contributed by atoms with Crippen LogP contribution in [0.1, 0.15) is 55.0 Å². The molecule has 0 radical (unpaired) electrons. The Kier molecular flexibility index (Phi) is 6.13. The summed E-state index contributed by atoms with van der Waals surface area (Å²) >= 11 is 0. The average molecular weight is 381 g/mol. The third kappa shape index (κ3) is 5.55. The number of carbonyl (C=O) groups excluding carboxylic acids is 1. The molecule has 3 rings (SSSR count). The second-order valence-corrected chi connectivity index (χ2v) is 6.76. The lowest BCUT2D eigenvalue weighted by Crippen LogP contribution is -2.31. The van der Waals surface area contributed by atoms with Gasteiger partial charge in [0.25, 0.3) is 0 Å². The second-order valence-electron chi connectivity index (χ2n) is 6.76. The van der Waals surface area contributed by atoms with Gasteiger partial charge >= 0.3 is 6.18 Å². The van der Waals surface area contributed by atoms with Crippen LogP contribution < -0.4 is 0 Å². The third-order valence-electron chi connectivity index (χ3n) is 4.63. The predicted molar refractivity (Wildman–Crippen MR) is 91.9 cm³/mol. The summed E-state index contributed by atoms with van der Waals surface area (Å²) in [6, 6.07) is 5.04. The number of halogens is 3. The molecular weight excluding hydrogens is 359 g/mol. The van der Waals surface area contributed by atoms with Crippen LogP contribution in [0.25, 0.3) is 0 Å². The third-order valence-corrected chi connectivity index (χ3v) is 4.63. The summed E-state index contributed by atoms with van der Waals surface area (Å²) in [5.74, 6) is 0.654. The lowest BCUT2D eigenvalue weighted by atomic mass is 10.1. The fraction of sp³-hybridized carbons (Fsp3) is 0.526. The van der Waals surface area contributed by atoms with Gasteiger partial charge in [0, 0.05) is 25.9 Å². The Morgan fingerprint density at radius 1 is 1.07 bits per heavy atom. The van der Waals surface area contributed by atoms with E-state index in [0.717, 1.165) is 50.9 Å². The van der Waals surface area contributed by atoms with Crippen LogP contribution in [0, 0.1) is 0 Å². The molecule has 0 atom stereocenters. The molecule has 146 valence electrons. The van der Waals surface area contributed by atoms with Crippen molar-refractivity contribution < 1.29 is 22.4 Å². The number of benzene rings is 1. The number of carbonyl (C=O) groups is 1. The summed E-state index contributed by atoms with van der Waals surface area (Å²) in [4.78, 5) is 14.2. The van der Waals surface area contributed by atoms with Crippen molar-refractivity contribution in [2.45, 2.75) is 51.1 Å². The van der Waals surface area contributed by atoms with Crippen molar-refractivity contribution in [3.63, 3.8) is 0 Å². The van der Waals surface area contributed by atoms with Crippen molar-refractivity contribution in [2.75, 3.05) is 13.1 Å². The number of nitrogens with zero attached hydrogens (tertiary/aromatic N) is 3. The Labute approximate surface area is 155 Å². The van der Waals surface area contributed by atoms with Gasteiger partial charge in [-0.05, 0) is 24.5 Å². The summed E-state index contributed by atoms with van der Waals surface area (Å²) in [5, 5.41) is 7.80. The Balaban J connectivity index is 1.55. The lowest BCUT2D eigenvalue weighted by Gasteiger charge is -2.19. The van der Waals surface area contributed by atoms with E-state index in [0.29, 0.717) is 24.3 Å². The average Bonchev–Trinajstić information content (AvgIpc) is 2.90. The summed E-state index contributed by atoms with van der Waals surface area (Å²) in [6.07, 6.45) is 0.760. The zero-order chi connectivity index (χ0) is 19.3. The molecule has 1 aliphatic heterocycles. The number of aryl methyl sites for hydroxylation is 1. The van der Waals surface area contributed by atoms with Gasteiger partial charge in [0.1, 0.15) is 0 Å². The van der Waals surface area contributed by atoms with E-state index in [1.165, 1.54) is 6.07 Å². The van der Waals surface area contributed by atoms with Gasteiger partial charge in [0.15, 0.2) is 0 Å². The molecule has 0 aliphatic carbocycles. The van der Waals surface area contributed by atoms with E-state index in [2.05, 4.69) is 10.2 Å². The van der Waals surface area contributed by atoms with Crippen LogP contribution >= 0.6 is 0 Å². The molecule has 0 unspecified atom stereocenters. The first kappa shape index (κ1) is 19.4. The molecule has 2 heterocycles. The van der Waals surface area contributed by atoms with Crippen molar-refractivity contribution in [2.24, 2.45) is 0 Å². The normalized spacial score (nSPS) is 15.6. The van der Waals surface area contributed by atoms with E-state index in [9.17, 15) is 18.0 Å². The summed E-state index contributed by atoms with van der Waals surface area (Å²) in [5.41, 5.74) is -0.261. The zero-order valence-corrected chi connectivity index (χ0v) is 15.0. The monoisotopic (exact) mass is 381 g/mol. The predicted octanol–water partition coefficient (Wildman–Crippen LogP) is 4.01. The largest absolute Gasteiger partial charge is 0.425 e. The number of aromatic nitrogens is 2. The van der Waals surface area contributed by atoms with Gasteiger partial charge in [-0.25, -0.2) is 0 Å². The van der Waals surface area contributed by atoms with Crippen LogP contribution in [0.5, 0.6) is 0 Å². The molecule has 0 bridgehead atoms. The van der Waals surface area contributed by atoms with Crippen LogP contribution in [0.2, 0.25) is 0 Å². The Morgan fingerprint density at radius 3 is 2.48 bits per heavy atom. The van der Waals surface area contributed by atoms with E-state index < -0.39 is 11.7 Å². The molecule has 1 aromatic heterocycles. The quantitative estimate of drug-likeness (QED) is 0.785. The SMILES string of the molecule is O=C(CCc1nnc(Cc2cccc(C(F)(F)F)c2)o1)N1CCCCCC1. The molecule has 1 aliphatic rings. The Hall–Kier alpha value is -2.38. The maximum absolute atomic E-state index is 12.8. The highest BCUT2D eigenvalue weighted by atomic mass is 19.4. The summed E-state index contributed by atoms with van der Waals surface area (Å²) in [6.45, 7) is 1.59. The van der Waals surface area contributed by atoms with Gasteiger partial charge in [-0.3, -0.25) is 4.79 Å². The van der Waals surface area contributed by atoms with Crippen molar-refractivity contribution in [3.8, 4) is 0 Å². The van der Waals surface area contributed by atoms with Gasteiger partial charge < -0.3 is 9.32 Å². The first-order valence-electron chi connectivity index (χ1n) is 9.17. The van der Waals surface area contributed by atoms with Gasteiger partial charge in [0.05, 0.1) is 12.0 Å². The molecule has 8 heteroatoms. The van der Waals surface area contributed by atoms with E-state index in [1.807, 2.05) is 4.90 Å². The first-order chi connectivity index (χ1) is 12.9. The van der Waals surface area contributed by atoms with E-state index in [-0.39, 0.29) is 18.2 Å². The molecule has 2 aromatic rings. The second kappa shape index (κ2) is 8.54. The van der Waals surface area contributed by atoms with E-state index in [4.69, 9.17) is 4.42 Å². The maximum Gasteiger partial charge on any atom is 0.416 e. The van der Waals surface area contributed by atoms with E-state index in [1.54, 1.807) is 6.07 Å². The summed E-state index contributed by atoms with van der Waals surface area (Å²) in [7, 11) is 0. The smallest absolute Gasteiger partial charge is 0.416 e. The molecule has 1 amide bonds. The van der Waals surface area contributed by atoms with Crippen LogP contribution in [0.4, 0.5) is 13.2 Å². The number of alkyl halides is 3. The van der Waals surface area contributed by atoms with Crippen LogP contribution in [0.15, 0.2) is 28.7 Å². The van der Waals surface area contributed by atoms with Gasteiger partial charge in [-0.1, -0.05) is 31.0 Å². The zero-order valence-electron chi connectivity index (χ0n) is 15.0. The molecule has 1 fully saturated rings. The van der Waals surface area contributed by atoms with E-state index >= 15 is 0 Å². The fourth-order valence-corrected chi connectivity index (χ4v) is 3.19. The van der Waals surface area contributed by atoms with Crippen LogP contribution in [-0.2, 0) is 23.8 Å². The highest BCUT2D eigenvalue weighted by Crippen LogP contribution is 2.29. The number of amides is 1. The van der Waals surface area contributed by atoms with Gasteiger partial charge in [-0.15, -0.1) is 10.2 Å². The molecule has 5 nitrogen and oxygen atoms in total. The standard InChI is InChI=1S/C19H22F3N3O2/c20-19(21,22)15-7-5-6-14(12-15)13-17-24-23-16(27-17)8-9-18(26)25-10-3-1-2-4-11-25/h5-7,12H,1-4,8-11,13H2. The highest BCUT2D eigenvalue weighted by Gasteiger charge is 2.30. The van der Waals surface area contributed by atoms with Crippen molar-refractivity contribution in [3.05, 3.63) is 47.2 Å². The Morgan fingerprint density at radius 2 is 1.78 bits per heavy atom. The molecule has 1 aromatic carbocycles. The minimum Gasteiger partial charge on any atom is -0.425 e. The Bertz CT molecular complexity index is 766. The van der Waals surface area contributed by atoms with Crippen LogP contribution in [0.3, 0.4) is 0 Å². The van der Waals surface area contributed by atoms with Crippen LogP contribution in [-0.4, -0.2) is 34.1 Å². The lowest BCUT2D eigenvalue weighted by molar-refractivity contribution is -0.137. The number of hydrogen-bond donors (Lipinski definition) is 0. The number of rotatable bonds is 5.